The molecule has 3 heterocycles. The van der Waals surface area contributed by atoms with Crippen LogP contribution in [0, 0.1) is 13.8 Å². The lowest BCUT2D eigenvalue weighted by Gasteiger charge is -2.28. The Kier molecular flexibility index (Phi) is 6.99. The zero-order valence-corrected chi connectivity index (χ0v) is 20.2. The van der Waals surface area contributed by atoms with Gasteiger partial charge in [-0.15, -0.1) is 10.2 Å². The highest BCUT2D eigenvalue weighted by Crippen LogP contribution is 2.30. The van der Waals surface area contributed by atoms with Crippen molar-refractivity contribution in [3.8, 4) is 0 Å². The lowest BCUT2D eigenvalue weighted by molar-refractivity contribution is 0.0988. The highest BCUT2D eigenvalue weighted by Gasteiger charge is 2.27. The second-order valence-electron chi connectivity index (χ2n) is 8.26. The van der Waals surface area contributed by atoms with Gasteiger partial charge < -0.3 is 14.6 Å². The van der Waals surface area contributed by atoms with Crippen molar-refractivity contribution in [2.24, 2.45) is 0 Å². The van der Waals surface area contributed by atoms with Crippen LogP contribution in [0.3, 0.4) is 0 Å². The quantitative estimate of drug-likeness (QED) is 0.399. The second-order valence-corrected chi connectivity index (χ2v) is 9.57. The van der Waals surface area contributed by atoms with E-state index in [-0.39, 0.29) is 11.6 Å². The molecule has 33 heavy (non-hydrogen) atoms. The third-order valence-electron chi connectivity index (χ3n) is 5.86. The van der Waals surface area contributed by atoms with Gasteiger partial charge in [-0.2, -0.15) is 0 Å². The van der Waals surface area contributed by atoms with Gasteiger partial charge >= 0.3 is 0 Å². The molecule has 9 heteroatoms. The SMILES string of the molecule is CC(=O)c1c(C)[nH]c(C(=O)C(C)Sc2nnc(N3CCOCC3)n2Cc2ccccc2)c1C. The molecule has 0 amide bonds. The molecule has 174 valence electrons. The van der Waals surface area contributed by atoms with Gasteiger partial charge in [0, 0.05) is 24.3 Å². The highest BCUT2D eigenvalue weighted by molar-refractivity contribution is 8.00. The van der Waals surface area contributed by atoms with E-state index in [1.165, 1.54) is 18.7 Å². The Balaban J connectivity index is 1.62. The number of thioether (sulfide) groups is 1. The van der Waals surface area contributed by atoms with Crippen LogP contribution in [-0.2, 0) is 11.3 Å². The number of aromatic amines is 1. The summed E-state index contributed by atoms with van der Waals surface area (Å²) in [5, 5.41) is 9.22. The number of ketones is 2. The molecule has 1 unspecified atom stereocenters. The number of hydrogen-bond acceptors (Lipinski definition) is 7. The van der Waals surface area contributed by atoms with Crippen LogP contribution in [0.25, 0.3) is 0 Å². The number of aromatic nitrogens is 4. The number of rotatable bonds is 8. The Morgan fingerprint density at radius 1 is 1.15 bits per heavy atom. The van der Waals surface area contributed by atoms with Gasteiger partial charge in [-0.3, -0.25) is 14.2 Å². The lowest BCUT2D eigenvalue weighted by atomic mass is 10.0. The molecular formula is C24H29N5O3S. The number of hydrogen-bond donors (Lipinski definition) is 1. The molecule has 1 aliphatic heterocycles. The number of nitrogens with one attached hydrogen (secondary N) is 1. The van der Waals surface area contributed by atoms with E-state index in [9.17, 15) is 9.59 Å². The molecule has 1 saturated heterocycles. The Morgan fingerprint density at radius 2 is 1.85 bits per heavy atom. The van der Waals surface area contributed by atoms with E-state index in [4.69, 9.17) is 4.74 Å². The number of Topliss-reactive ketones (excluding diaryl/α,β-unsaturated/α-hetero) is 2. The van der Waals surface area contributed by atoms with E-state index in [0.29, 0.717) is 41.7 Å². The molecule has 0 saturated carbocycles. The summed E-state index contributed by atoms with van der Waals surface area (Å²) in [5.41, 5.74) is 3.65. The lowest BCUT2D eigenvalue weighted by Crippen LogP contribution is -2.38. The van der Waals surface area contributed by atoms with Crippen LogP contribution < -0.4 is 4.90 Å². The second kappa shape index (κ2) is 9.93. The molecule has 3 aromatic rings. The molecule has 1 atom stereocenters. The Bertz CT molecular complexity index is 1150. The molecule has 1 fully saturated rings. The van der Waals surface area contributed by atoms with Crippen molar-refractivity contribution < 1.29 is 14.3 Å². The number of anilines is 1. The summed E-state index contributed by atoms with van der Waals surface area (Å²) >= 11 is 1.39. The maximum Gasteiger partial charge on any atom is 0.228 e. The predicted molar refractivity (Wildman–Crippen MR) is 129 cm³/mol. The first-order chi connectivity index (χ1) is 15.9. The van der Waals surface area contributed by atoms with Crippen LogP contribution in [0.2, 0.25) is 0 Å². The molecule has 2 aromatic heterocycles. The van der Waals surface area contributed by atoms with Crippen molar-refractivity contribution in [2.75, 3.05) is 31.2 Å². The molecule has 1 aliphatic rings. The van der Waals surface area contributed by atoms with E-state index in [2.05, 4.69) is 36.8 Å². The number of morpholine rings is 1. The van der Waals surface area contributed by atoms with Crippen molar-refractivity contribution >= 4 is 29.3 Å². The summed E-state index contributed by atoms with van der Waals surface area (Å²) in [6.07, 6.45) is 0. The van der Waals surface area contributed by atoms with Crippen molar-refractivity contribution in [1.82, 2.24) is 19.7 Å². The van der Waals surface area contributed by atoms with Gasteiger partial charge in [0.1, 0.15) is 0 Å². The smallest absolute Gasteiger partial charge is 0.228 e. The van der Waals surface area contributed by atoms with E-state index in [1.54, 1.807) is 0 Å². The van der Waals surface area contributed by atoms with Crippen LogP contribution in [0.1, 0.15) is 51.5 Å². The first-order valence-corrected chi connectivity index (χ1v) is 12.0. The number of aryl methyl sites for hydroxylation is 1. The maximum atomic E-state index is 13.3. The molecule has 0 radical (unpaired) electrons. The van der Waals surface area contributed by atoms with Crippen molar-refractivity contribution in [3.63, 3.8) is 0 Å². The third-order valence-corrected chi connectivity index (χ3v) is 6.94. The Labute approximate surface area is 197 Å². The van der Waals surface area contributed by atoms with Crippen LogP contribution in [0.5, 0.6) is 0 Å². The average molecular weight is 468 g/mol. The Morgan fingerprint density at radius 3 is 2.48 bits per heavy atom. The van der Waals surface area contributed by atoms with E-state index in [1.807, 2.05) is 39.0 Å². The fraction of sp³-hybridized carbons (Fsp3) is 0.417. The minimum absolute atomic E-state index is 0.0432. The third kappa shape index (κ3) is 4.89. The fourth-order valence-electron chi connectivity index (χ4n) is 4.21. The summed E-state index contributed by atoms with van der Waals surface area (Å²) in [5.74, 6) is 0.684. The predicted octanol–water partition coefficient (Wildman–Crippen LogP) is 3.67. The number of carbonyl (C=O) groups is 2. The molecule has 1 aromatic carbocycles. The largest absolute Gasteiger partial charge is 0.378 e. The fourth-order valence-corrected chi connectivity index (χ4v) is 5.11. The maximum absolute atomic E-state index is 13.3. The van der Waals surface area contributed by atoms with Gasteiger partial charge in [0.05, 0.1) is 30.7 Å². The Hall–Kier alpha value is -2.91. The monoisotopic (exact) mass is 467 g/mol. The molecule has 8 nitrogen and oxygen atoms in total. The molecular weight excluding hydrogens is 438 g/mol. The summed E-state index contributed by atoms with van der Waals surface area (Å²) in [6, 6.07) is 10.2. The van der Waals surface area contributed by atoms with Crippen LogP contribution in [-0.4, -0.2) is 62.9 Å². The normalized spacial score (nSPS) is 15.0. The van der Waals surface area contributed by atoms with E-state index in [0.717, 1.165) is 30.3 Å². The van der Waals surface area contributed by atoms with Gasteiger partial charge in [0.15, 0.2) is 16.7 Å². The van der Waals surface area contributed by atoms with Crippen molar-refractivity contribution in [1.29, 1.82) is 0 Å². The van der Waals surface area contributed by atoms with Gasteiger partial charge in [0.2, 0.25) is 5.95 Å². The number of H-pyrrole nitrogens is 1. The minimum Gasteiger partial charge on any atom is -0.378 e. The zero-order valence-electron chi connectivity index (χ0n) is 19.4. The molecule has 1 N–H and O–H groups in total. The van der Waals surface area contributed by atoms with Gasteiger partial charge in [-0.25, -0.2) is 0 Å². The van der Waals surface area contributed by atoms with Gasteiger partial charge in [0.25, 0.3) is 0 Å². The van der Waals surface area contributed by atoms with Crippen molar-refractivity contribution in [3.05, 3.63) is 58.4 Å². The van der Waals surface area contributed by atoms with Gasteiger partial charge in [-0.05, 0) is 38.8 Å². The first kappa shape index (κ1) is 23.3. The molecule has 4 rings (SSSR count). The summed E-state index contributed by atoms with van der Waals surface area (Å²) in [7, 11) is 0. The number of carbonyl (C=O) groups excluding carboxylic acids is 2. The standard InChI is InChI=1S/C24H29N5O3S/c1-15-20(17(3)30)16(2)25-21(15)22(31)18(4)33-24-27-26-23(28-10-12-32-13-11-28)29(24)14-19-8-6-5-7-9-19/h5-9,18,25H,10-14H2,1-4H3. The molecule has 0 spiro atoms. The topological polar surface area (TPSA) is 93.1 Å². The van der Waals surface area contributed by atoms with Gasteiger partial charge in [-0.1, -0.05) is 42.1 Å². The van der Waals surface area contributed by atoms with Crippen LogP contribution >= 0.6 is 11.8 Å². The molecule has 0 aliphatic carbocycles. The summed E-state index contributed by atoms with van der Waals surface area (Å²) in [4.78, 5) is 30.6. The molecule has 0 bridgehead atoms. The average Bonchev–Trinajstić information content (AvgIpc) is 3.34. The summed E-state index contributed by atoms with van der Waals surface area (Å²) < 4.78 is 7.57. The minimum atomic E-state index is -0.405. The van der Waals surface area contributed by atoms with Crippen molar-refractivity contribution in [2.45, 2.75) is 44.6 Å². The van der Waals surface area contributed by atoms with Crippen LogP contribution in [0.15, 0.2) is 35.5 Å². The zero-order chi connectivity index (χ0) is 23.5. The highest BCUT2D eigenvalue weighted by atomic mass is 32.2. The number of nitrogens with zero attached hydrogens (tertiary/aromatic N) is 4. The van der Waals surface area contributed by atoms with E-state index < -0.39 is 5.25 Å². The van der Waals surface area contributed by atoms with Crippen LogP contribution in [0.4, 0.5) is 5.95 Å². The first-order valence-electron chi connectivity index (χ1n) is 11.1. The number of ether oxygens (including phenoxy) is 1. The number of benzene rings is 1. The summed E-state index contributed by atoms with van der Waals surface area (Å²) in [6.45, 7) is 10.4. The van der Waals surface area contributed by atoms with E-state index >= 15 is 0 Å².